The van der Waals surface area contributed by atoms with Gasteiger partial charge in [-0.15, -0.1) is 0 Å². The number of nitrogens with zero attached hydrogens (tertiary/aromatic N) is 2. The van der Waals surface area contributed by atoms with E-state index >= 15 is 0 Å². The second kappa shape index (κ2) is 11.3. The Balaban J connectivity index is 1.77. The first-order valence-corrected chi connectivity index (χ1v) is 13.9. The van der Waals surface area contributed by atoms with Crippen molar-refractivity contribution >= 4 is 45.0 Å². The van der Waals surface area contributed by atoms with Crippen molar-refractivity contribution in [3.05, 3.63) is 125 Å². The molecule has 0 bridgehead atoms. The average molecular weight is 590 g/mol. The van der Waals surface area contributed by atoms with Gasteiger partial charge in [-0.25, -0.2) is 9.79 Å². The van der Waals surface area contributed by atoms with Crippen LogP contribution >= 0.6 is 27.3 Å². The SMILES string of the molecule is CCOC(=O)C1=C(c2ccccc2)N=c2s/c(=C\c3ccc(OCC)c(Br)c3)c(=O)n2[C@H]1c1ccccc1. The highest BCUT2D eigenvalue weighted by Crippen LogP contribution is 2.35. The number of hydrogen-bond donors (Lipinski definition) is 0. The van der Waals surface area contributed by atoms with Crippen LogP contribution in [0, 0.1) is 0 Å². The van der Waals surface area contributed by atoms with Gasteiger partial charge in [-0.05, 0) is 59.1 Å². The Morgan fingerprint density at radius 3 is 2.39 bits per heavy atom. The molecule has 0 saturated heterocycles. The molecule has 3 aromatic carbocycles. The van der Waals surface area contributed by atoms with Gasteiger partial charge in [0, 0.05) is 5.56 Å². The molecule has 1 atom stereocenters. The smallest absolute Gasteiger partial charge is 0.338 e. The fraction of sp³-hybridized carbons (Fsp3) is 0.167. The number of halogens is 1. The summed E-state index contributed by atoms with van der Waals surface area (Å²) >= 11 is 4.84. The molecule has 0 aliphatic carbocycles. The van der Waals surface area contributed by atoms with Crippen molar-refractivity contribution < 1.29 is 14.3 Å². The highest BCUT2D eigenvalue weighted by Gasteiger charge is 2.35. The quantitative estimate of drug-likeness (QED) is 0.282. The zero-order valence-corrected chi connectivity index (χ0v) is 23.3. The molecule has 1 aromatic heterocycles. The van der Waals surface area contributed by atoms with E-state index in [1.807, 2.05) is 91.9 Å². The first-order valence-electron chi connectivity index (χ1n) is 12.3. The van der Waals surface area contributed by atoms with Crippen LogP contribution in [0.3, 0.4) is 0 Å². The minimum absolute atomic E-state index is 0.211. The van der Waals surface area contributed by atoms with Crippen LogP contribution in [-0.2, 0) is 9.53 Å². The van der Waals surface area contributed by atoms with Gasteiger partial charge in [0.2, 0.25) is 0 Å². The Bertz CT molecular complexity index is 1690. The zero-order chi connectivity index (χ0) is 26.6. The molecule has 8 heteroatoms. The summed E-state index contributed by atoms with van der Waals surface area (Å²) in [7, 11) is 0. The number of ether oxygens (including phenoxy) is 2. The van der Waals surface area contributed by atoms with Crippen LogP contribution in [0.4, 0.5) is 0 Å². The molecule has 0 saturated carbocycles. The van der Waals surface area contributed by atoms with Gasteiger partial charge in [0.05, 0.1) is 39.5 Å². The van der Waals surface area contributed by atoms with E-state index in [0.29, 0.717) is 27.2 Å². The van der Waals surface area contributed by atoms with Gasteiger partial charge in [-0.1, -0.05) is 78.1 Å². The summed E-state index contributed by atoms with van der Waals surface area (Å²) in [6.07, 6.45) is 1.84. The van der Waals surface area contributed by atoms with Crippen LogP contribution in [0.15, 0.2) is 98.7 Å². The predicted octanol–water partition coefficient (Wildman–Crippen LogP) is 5.10. The van der Waals surface area contributed by atoms with E-state index < -0.39 is 12.0 Å². The van der Waals surface area contributed by atoms with Crippen molar-refractivity contribution in [2.45, 2.75) is 19.9 Å². The lowest BCUT2D eigenvalue weighted by atomic mass is 9.93. The van der Waals surface area contributed by atoms with Crippen molar-refractivity contribution in [2.24, 2.45) is 4.99 Å². The Kier molecular flexibility index (Phi) is 7.72. The third kappa shape index (κ3) is 5.01. The molecule has 6 nitrogen and oxygen atoms in total. The van der Waals surface area contributed by atoms with Crippen LogP contribution in [0.2, 0.25) is 0 Å². The lowest BCUT2D eigenvalue weighted by molar-refractivity contribution is -0.138. The molecule has 2 heterocycles. The fourth-order valence-corrected chi connectivity index (χ4v) is 5.93. The van der Waals surface area contributed by atoms with E-state index in [1.165, 1.54) is 11.3 Å². The first-order chi connectivity index (χ1) is 18.5. The maximum Gasteiger partial charge on any atom is 0.338 e. The summed E-state index contributed by atoms with van der Waals surface area (Å²) in [5, 5.41) is 0. The van der Waals surface area contributed by atoms with Crippen molar-refractivity contribution in [1.82, 2.24) is 4.57 Å². The second-order valence-corrected chi connectivity index (χ2v) is 10.3. The molecule has 0 fully saturated rings. The number of esters is 1. The number of benzene rings is 3. The van der Waals surface area contributed by atoms with Gasteiger partial charge >= 0.3 is 5.97 Å². The number of rotatable bonds is 7. The first kappa shape index (κ1) is 25.9. The maximum atomic E-state index is 13.9. The van der Waals surface area contributed by atoms with Gasteiger partial charge in [-0.3, -0.25) is 9.36 Å². The number of carbonyl (C=O) groups is 1. The molecule has 0 radical (unpaired) electrons. The molecular weight excluding hydrogens is 564 g/mol. The molecular formula is C30H25BrN2O4S. The van der Waals surface area contributed by atoms with Gasteiger partial charge in [-0.2, -0.15) is 0 Å². The fourth-order valence-electron chi connectivity index (χ4n) is 4.42. The standard InChI is InChI=1S/C30H25BrN2O4S/c1-3-36-23-16-15-19(17-22(23)31)18-24-28(34)33-27(21-13-9-6-10-14-21)25(29(35)37-4-2)26(32-30(33)38-24)20-11-7-5-8-12-20/h5-18,27H,3-4H2,1-2H3/b24-18-/t27-/m0/s1. The van der Waals surface area contributed by atoms with Gasteiger partial charge in [0.1, 0.15) is 5.75 Å². The Morgan fingerprint density at radius 1 is 1.03 bits per heavy atom. The summed E-state index contributed by atoms with van der Waals surface area (Å²) in [6.45, 7) is 4.46. The molecule has 5 rings (SSSR count). The average Bonchev–Trinajstić information content (AvgIpc) is 3.24. The monoisotopic (exact) mass is 588 g/mol. The number of carbonyl (C=O) groups excluding carboxylic acids is 1. The summed E-state index contributed by atoms with van der Waals surface area (Å²) in [5.41, 5.74) is 3.05. The van der Waals surface area contributed by atoms with Gasteiger partial charge in [0.25, 0.3) is 5.56 Å². The largest absolute Gasteiger partial charge is 0.493 e. The minimum Gasteiger partial charge on any atom is -0.493 e. The lowest BCUT2D eigenvalue weighted by Gasteiger charge is -2.25. The third-order valence-corrected chi connectivity index (χ3v) is 7.65. The van der Waals surface area contributed by atoms with E-state index in [4.69, 9.17) is 14.5 Å². The summed E-state index contributed by atoms with van der Waals surface area (Å²) in [5.74, 6) is 0.246. The lowest BCUT2D eigenvalue weighted by Crippen LogP contribution is -2.39. The zero-order valence-electron chi connectivity index (χ0n) is 20.9. The van der Waals surface area contributed by atoms with Gasteiger partial charge < -0.3 is 9.47 Å². The number of thiazole rings is 1. The highest BCUT2D eigenvalue weighted by atomic mass is 79.9. The van der Waals surface area contributed by atoms with E-state index in [2.05, 4.69) is 15.9 Å². The van der Waals surface area contributed by atoms with Crippen LogP contribution in [0.5, 0.6) is 5.75 Å². The van der Waals surface area contributed by atoms with Gasteiger partial charge in [0.15, 0.2) is 4.80 Å². The Hall–Kier alpha value is -3.75. The molecule has 4 aromatic rings. The van der Waals surface area contributed by atoms with Crippen molar-refractivity contribution in [1.29, 1.82) is 0 Å². The number of hydrogen-bond acceptors (Lipinski definition) is 6. The predicted molar refractivity (Wildman–Crippen MR) is 153 cm³/mol. The maximum absolute atomic E-state index is 13.9. The Morgan fingerprint density at radius 2 is 1.74 bits per heavy atom. The Labute approximate surface area is 232 Å². The molecule has 1 aliphatic heterocycles. The normalized spacial score (nSPS) is 15.1. The van der Waals surface area contributed by atoms with E-state index in [1.54, 1.807) is 11.5 Å². The highest BCUT2D eigenvalue weighted by molar-refractivity contribution is 9.10. The summed E-state index contributed by atoms with van der Waals surface area (Å²) in [4.78, 5) is 32.7. The molecule has 1 aliphatic rings. The van der Waals surface area contributed by atoms with E-state index in [0.717, 1.165) is 26.9 Å². The third-order valence-electron chi connectivity index (χ3n) is 6.04. The van der Waals surface area contributed by atoms with Crippen molar-refractivity contribution in [3.8, 4) is 5.75 Å². The van der Waals surface area contributed by atoms with Crippen LogP contribution in [-0.4, -0.2) is 23.8 Å². The number of fused-ring (bicyclic) bond motifs is 1. The van der Waals surface area contributed by atoms with Crippen LogP contribution in [0.25, 0.3) is 11.8 Å². The molecule has 192 valence electrons. The molecule has 0 spiro atoms. The van der Waals surface area contributed by atoms with Crippen molar-refractivity contribution in [2.75, 3.05) is 13.2 Å². The van der Waals surface area contributed by atoms with Crippen LogP contribution in [0.1, 0.15) is 36.6 Å². The molecule has 38 heavy (non-hydrogen) atoms. The van der Waals surface area contributed by atoms with E-state index in [-0.39, 0.29) is 12.2 Å². The van der Waals surface area contributed by atoms with Crippen molar-refractivity contribution in [3.63, 3.8) is 0 Å². The van der Waals surface area contributed by atoms with E-state index in [9.17, 15) is 9.59 Å². The molecule has 0 unspecified atom stereocenters. The second-order valence-electron chi connectivity index (χ2n) is 8.47. The van der Waals surface area contributed by atoms with Crippen LogP contribution < -0.4 is 19.6 Å². The number of aromatic nitrogens is 1. The minimum atomic E-state index is -0.684. The topological polar surface area (TPSA) is 69.9 Å². The molecule has 0 amide bonds. The summed E-state index contributed by atoms with van der Waals surface area (Å²) < 4.78 is 14.0. The summed E-state index contributed by atoms with van der Waals surface area (Å²) in [6, 6.07) is 24.1. The molecule has 0 N–H and O–H groups in total.